The van der Waals surface area contributed by atoms with Crippen LogP contribution in [0.5, 0.6) is 0 Å². The fourth-order valence-electron chi connectivity index (χ4n) is 1.38. The molecule has 88 valence electrons. The minimum Gasteiger partial charge on any atom is -0.381 e. The number of ether oxygens (including phenoxy) is 1. The second-order valence-corrected chi connectivity index (χ2v) is 4.78. The van der Waals surface area contributed by atoms with Crippen LogP contribution in [0.1, 0.15) is 47.0 Å². The third-order valence-electron chi connectivity index (χ3n) is 2.63. The molecular weight excluding hydrogens is 184 g/mol. The lowest BCUT2D eigenvalue weighted by Gasteiger charge is -2.19. The molecular formula is C14H26O. The van der Waals surface area contributed by atoms with Gasteiger partial charge in [-0.05, 0) is 38.5 Å². The predicted molar refractivity (Wildman–Crippen MR) is 68.1 cm³/mol. The van der Waals surface area contributed by atoms with Gasteiger partial charge < -0.3 is 4.74 Å². The first-order valence-electron chi connectivity index (χ1n) is 5.83. The van der Waals surface area contributed by atoms with Gasteiger partial charge in [0.25, 0.3) is 0 Å². The van der Waals surface area contributed by atoms with Gasteiger partial charge in [0.1, 0.15) is 0 Å². The minimum absolute atomic E-state index is 0.299. The maximum atomic E-state index is 5.20. The molecule has 0 aromatic carbocycles. The molecule has 1 nitrogen and oxygen atoms in total. The van der Waals surface area contributed by atoms with Crippen molar-refractivity contribution in [2.24, 2.45) is 5.41 Å². The lowest BCUT2D eigenvalue weighted by molar-refractivity contribution is 0.121. The first-order valence-corrected chi connectivity index (χ1v) is 5.83. The van der Waals surface area contributed by atoms with Crippen molar-refractivity contribution in [3.05, 3.63) is 24.3 Å². The van der Waals surface area contributed by atoms with Gasteiger partial charge in [0.15, 0.2) is 0 Å². The largest absolute Gasteiger partial charge is 0.381 e. The molecule has 0 N–H and O–H groups in total. The smallest absolute Gasteiger partial charge is 0.0577 e. The van der Waals surface area contributed by atoms with Crippen LogP contribution in [0, 0.1) is 5.41 Å². The van der Waals surface area contributed by atoms with Gasteiger partial charge in [-0.25, -0.2) is 0 Å². The van der Waals surface area contributed by atoms with Crippen LogP contribution in [-0.2, 0) is 4.74 Å². The van der Waals surface area contributed by atoms with Gasteiger partial charge >= 0.3 is 0 Å². The summed E-state index contributed by atoms with van der Waals surface area (Å²) < 4.78 is 5.20. The molecule has 0 aliphatic rings. The van der Waals surface area contributed by atoms with E-state index >= 15 is 0 Å². The van der Waals surface area contributed by atoms with Gasteiger partial charge in [-0.1, -0.05) is 38.2 Å². The van der Waals surface area contributed by atoms with Crippen molar-refractivity contribution in [1.29, 1.82) is 0 Å². The fraction of sp³-hybridized carbons (Fsp3) is 0.714. The summed E-state index contributed by atoms with van der Waals surface area (Å²) in [5.74, 6) is 0. The maximum Gasteiger partial charge on any atom is 0.0577 e. The Balaban J connectivity index is 3.90. The number of rotatable bonds is 7. The van der Waals surface area contributed by atoms with E-state index in [4.69, 9.17) is 4.74 Å². The highest BCUT2D eigenvalue weighted by atomic mass is 16.5. The molecule has 0 bridgehead atoms. The Kier molecular flexibility index (Phi) is 7.41. The topological polar surface area (TPSA) is 9.23 Å². The van der Waals surface area contributed by atoms with E-state index in [1.807, 2.05) is 0 Å². The Morgan fingerprint density at radius 2 is 1.93 bits per heavy atom. The molecule has 1 atom stereocenters. The lowest BCUT2D eigenvalue weighted by Crippen LogP contribution is -2.08. The molecule has 0 saturated carbocycles. The summed E-state index contributed by atoms with van der Waals surface area (Å²) >= 11 is 0. The molecule has 0 aromatic heterocycles. The summed E-state index contributed by atoms with van der Waals surface area (Å²) in [6.45, 7) is 8.73. The van der Waals surface area contributed by atoms with Gasteiger partial charge in [0.2, 0.25) is 0 Å². The van der Waals surface area contributed by atoms with E-state index < -0.39 is 0 Å². The van der Waals surface area contributed by atoms with E-state index in [-0.39, 0.29) is 0 Å². The van der Waals surface area contributed by atoms with Gasteiger partial charge in [0, 0.05) is 7.11 Å². The highest BCUT2D eigenvalue weighted by Crippen LogP contribution is 2.24. The summed E-state index contributed by atoms with van der Waals surface area (Å²) in [5.41, 5.74) is 0.299. The van der Waals surface area contributed by atoms with E-state index in [2.05, 4.69) is 52.0 Å². The van der Waals surface area contributed by atoms with Crippen molar-refractivity contribution in [1.82, 2.24) is 0 Å². The zero-order valence-electron chi connectivity index (χ0n) is 10.9. The first-order chi connectivity index (χ1) is 7.02. The van der Waals surface area contributed by atoms with Crippen LogP contribution in [0.2, 0.25) is 0 Å². The SMILES string of the molecule is C/C=C/CCC(C)(C)/C=C/CC(C)OC. The summed E-state index contributed by atoms with van der Waals surface area (Å²) in [6, 6.07) is 0. The standard InChI is InChI=1S/C14H26O/c1-6-7-8-11-14(3,4)12-9-10-13(2)15-5/h6-7,9,12-13H,8,10-11H2,1-5H3/b7-6+,12-9+. The van der Waals surface area contributed by atoms with E-state index in [1.54, 1.807) is 7.11 Å². The zero-order valence-corrected chi connectivity index (χ0v) is 10.9. The molecule has 0 spiro atoms. The molecule has 0 radical (unpaired) electrons. The van der Waals surface area contributed by atoms with E-state index in [0.717, 1.165) is 12.8 Å². The van der Waals surface area contributed by atoms with Crippen LogP contribution in [-0.4, -0.2) is 13.2 Å². The van der Waals surface area contributed by atoms with Crippen LogP contribution in [0.15, 0.2) is 24.3 Å². The molecule has 0 heterocycles. The third kappa shape index (κ3) is 8.44. The first kappa shape index (κ1) is 14.4. The normalized spacial score (nSPS) is 15.3. The van der Waals surface area contributed by atoms with E-state index in [0.29, 0.717) is 11.5 Å². The Labute approximate surface area is 95.2 Å². The molecule has 0 aromatic rings. The van der Waals surface area contributed by atoms with Crippen molar-refractivity contribution < 1.29 is 4.74 Å². The lowest BCUT2D eigenvalue weighted by atomic mass is 9.87. The van der Waals surface area contributed by atoms with Crippen LogP contribution in [0.25, 0.3) is 0 Å². The monoisotopic (exact) mass is 210 g/mol. The molecule has 0 aliphatic carbocycles. The Morgan fingerprint density at radius 3 is 2.47 bits per heavy atom. The quantitative estimate of drug-likeness (QED) is 0.568. The number of hydrogen-bond donors (Lipinski definition) is 0. The van der Waals surface area contributed by atoms with Crippen molar-refractivity contribution in [3.63, 3.8) is 0 Å². The summed E-state index contributed by atoms with van der Waals surface area (Å²) in [4.78, 5) is 0. The summed E-state index contributed by atoms with van der Waals surface area (Å²) in [7, 11) is 1.76. The molecule has 0 fully saturated rings. The predicted octanol–water partition coefficient (Wildman–Crippen LogP) is 4.35. The van der Waals surface area contributed by atoms with Gasteiger partial charge in [-0.3, -0.25) is 0 Å². The van der Waals surface area contributed by atoms with Gasteiger partial charge in [-0.2, -0.15) is 0 Å². The highest BCUT2D eigenvalue weighted by Gasteiger charge is 2.11. The van der Waals surface area contributed by atoms with Crippen LogP contribution in [0.3, 0.4) is 0 Å². The van der Waals surface area contributed by atoms with Gasteiger partial charge in [-0.15, -0.1) is 0 Å². The second-order valence-electron chi connectivity index (χ2n) is 4.78. The Bertz CT molecular complexity index is 201. The van der Waals surface area contributed by atoms with Crippen LogP contribution >= 0.6 is 0 Å². The molecule has 0 amide bonds. The molecule has 0 aliphatic heterocycles. The Morgan fingerprint density at radius 1 is 1.27 bits per heavy atom. The third-order valence-corrected chi connectivity index (χ3v) is 2.63. The van der Waals surface area contributed by atoms with Crippen molar-refractivity contribution in [3.8, 4) is 0 Å². The van der Waals surface area contributed by atoms with Crippen LogP contribution < -0.4 is 0 Å². The second kappa shape index (κ2) is 7.70. The summed E-state index contributed by atoms with van der Waals surface area (Å²) in [6.07, 6.45) is 12.6. The van der Waals surface area contributed by atoms with Crippen molar-refractivity contribution >= 4 is 0 Å². The molecule has 0 rings (SSSR count). The molecule has 1 unspecified atom stereocenters. The van der Waals surface area contributed by atoms with Crippen LogP contribution in [0.4, 0.5) is 0 Å². The highest BCUT2D eigenvalue weighted by molar-refractivity contribution is 4.96. The van der Waals surface area contributed by atoms with E-state index in [1.165, 1.54) is 6.42 Å². The van der Waals surface area contributed by atoms with E-state index in [9.17, 15) is 0 Å². The maximum absolute atomic E-state index is 5.20. The molecule has 1 heteroatoms. The number of allylic oxidation sites excluding steroid dienone is 3. The molecule has 15 heavy (non-hydrogen) atoms. The van der Waals surface area contributed by atoms with Gasteiger partial charge in [0.05, 0.1) is 6.10 Å². The zero-order chi connectivity index (χ0) is 11.7. The van der Waals surface area contributed by atoms with Crippen molar-refractivity contribution in [2.75, 3.05) is 7.11 Å². The molecule has 0 saturated heterocycles. The number of hydrogen-bond acceptors (Lipinski definition) is 1. The Hall–Kier alpha value is -0.560. The summed E-state index contributed by atoms with van der Waals surface area (Å²) in [5, 5.41) is 0. The average Bonchev–Trinajstić information content (AvgIpc) is 2.17. The average molecular weight is 210 g/mol. The van der Waals surface area contributed by atoms with Crippen molar-refractivity contribution in [2.45, 2.75) is 53.1 Å². The number of methoxy groups -OCH3 is 1. The minimum atomic E-state index is 0.299. The fourth-order valence-corrected chi connectivity index (χ4v) is 1.38.